The van der Waals surface area contributed by atoms with Gasteiger partial charge >= 0.3 is 0 Å². The normalized spacial score (nSPS) is 23.1. The zero-order valence-electron chi connectivity index (χ0n) is 11.3. The first-order chi connectivity index (χ1) is 9.88. The van der Waals surface area contributed by atoms with Crippen LogP contribution in [0.25, 0.3) is 11.5 Å². The number of hydrogen-bond donors (Lipinski definition) is 1. The summed E-state index contributed by atoms with van der Waals surface area (Å²) in [5, 5.41) is 11.3. The Bertz CT molecular complexity index is 579. The maximum atomic E-state index is 5.24. The van der Waals surface area contributed by atoms with Crippen molar-refractivity contribution in [3.8, 4) is 11.5 Å². The van der Waals surface area contributed by atoms with Crippen LogP contribution in [0.2, 0.25) is 0 Å². The smallest absolute Gasteiger partial charge is 0.247 e. The molecule has 2 heterocycles. The first kappa shape index (κ1) is 11.9. The minimum atomic E-state index is 0.550. The highest BCUT2D eigenvalue weighted by Crippen LogP contribution is 2.31. The molecule has 1 aliphatic carbocycles. The molecule has 0 bridgehead atoms. The van der Waals surface area contributed by atoms with Gasteiger partial charge in [-0.2, -0.15) is 0 Å². The van der Waals surface area contributed by atoms with Gasteiger partial charge in [0.2, 0.25) is 12.3 Å². The minimum Gasteiger partial charge on any atom is -0.423 e. The molecule has 1 atom stereocenters. The van der Waals surface area contributed by atoms with Crippen LogP contribution in [-0.4, -0.2) is 40.3 Å². The van der Waals surface area contributed by atoms with Crippen molar-refractivity contribution >= 4 is 5.69 Å². The van der Waals surface area contributed by atoms with Gasteiger partial charge < -0.3 is 9.73 Å². The van der Waals surface area contributed by atoms with Gasteiger partial charge in [-0.3, -0.25) is 4.90 Å². The lowest BCUT2D eigenvalue weighted by molar-refractivity contribution is 0.326. The van der Waals surface area contributed by atoms with Crippen molar-refractivity contribution in [2.45, 2.75) is 31.3 Å². The first-order valence-electron chi connectivity index (χ1n) is 7.26. The average Bonchev–Trinajstić information content (AvgIpc) is 3.00. The predicted octanol–water partition coefficient (Wildman–Crippen LogP) is 2.39. The molecule has 1 aromatic carbocycles. The molecule has 0 amide bonds. The van der Waals surface area contributed by atoms with Crippen LogP contribution in [0.3, 0.4) is 0 Å². The summed E-state index contributed by atoms with van der Waals surface area (Å²) in [4.78, 5) is 2.61. The van der Waals surface area contributed by atoms with E-state index in [1.165, 1.54) is 32.2 Å². The van der Waals surface area contributed by atoms with Crippen molar-refractivity contribution < 1.29 is 4.42 Å². The Morgan fingerprint density at radius 3 is 3.00 bits per heavy atom. The molecule has 0 radical (unpaired) electrons. The summed E-state index contributed by atoms with van der Waals surface area (Å²) in [6, 6.07) is 9.60. The second-order valence-electron chi connectivity index (χ2n) is 5.68. The van der Waals surface area contributed by atoms with Gasteiger partial charge in [0.05, 0.1) is 0 Å². The average molecular weight is 270 g/mol. The van der Waals surface area contributed by atoms with E-state index in [0.717, 1.165) is 23.8 Å². The third kappa shape index (κ3) is 2.41. The van der Waals surface area contributed by atoms with Crippen LogP contribution >= 0.6 is 0 Å². The number of likely N-dealkylation sites (tertiary alicyclic amines) is 1. The molecule has 1 N–H and O–H groups in total. The van der Waals surface area contributed by atoms with E-state index in [-0.39, 0.29) is 0 Å². The van der Waals surface area contributed by atoms with Gasteiger partial charge in [-0.05, 0) is 37.5 Å². The molecule has 2 aromatic rings. The highest BCUT2D eigenvalue weighted by atomic mass is 16.4. The van der Waals surface area contributed by atoms with Gasteiger partial charge in [0.1, 0.15) is 0 Å². The lowest BCUT2D eigenvalue weighted by Gasteiger charge is -2.16. The second kappa shape index (κ2) is 4.90. The van der Waals surface area contributed by atoms with Crippen molar-refractivity contribution in [1.29, 1.82) is 0 Å². The van der Waals surface area contributed by atoms with Crippen LogP contribution in [0.15, 0.2) is 35.1 Å². The lowest BCUT2D eigenvalue weighted by atomic mass is 10.1. The van der Waals surface area contributed by atoms with Gasteiger partial charge in [-0.1, -0.05) is 6.07 Å². The third-order valence-corrected chi connectivity index (χ3v) is 4.12. The number of rotatable bonds is 4. The molecule has 2 aliphatic rings. The molecule has 1 saturated carbocycles. The van der Waals surface area contributed by atoms with E-state index in [1.54, 1.807) is 0 Å². The lowest BCUT2D eigenvalue weighted by Crippen LogP contribution is -2.27. The van der Waals surface area contributed by atoms with Crippen molar-refractivity contribution in [2.24, 2.45) is 0 Å². The molecule has 5 nitrogen and oxygen atoms in total. The molecule has 4 rings (SSSR count). The van der Waals surface area contributed by atoms with E-state index in [9.17, 15) is 0 Å². The standard InChI is InChI=1S/C15H18N4O/c1-2-11(15-18-16-10-20-15)8-12(3-1)17-13-6-7-19(9-13)14-4-5-14/h1-3,8,10,13-14,17H,4-7,9H2. The fraction of sp³-hybridized carbons (Fsp3) is 0.467. The van der Waals surface area contributed by atoms with Gasteiger partial charge in [-0.25, -0.2) is 0 Å². The van der Waals surface area contributed by atoms with E-state index in [2.05, 4.69) is 32.5 Å². The van der Waals surface area contributed by atoms with Crippen LogP contribution in [0, 0.1) is 0 Å². The fourth-order valence-electron chi connectivity index (χ4n) is 2.95. The van der Waals surface area contributed by atoms with E-state index >= 15 is 0 Å². The molecule has 104 valence electrons. The fourth-order valence-corrected chi connectivity index (χ4v) is 2.95. The number of hydrogen-bond acceptors (Lipinski definition) is 5. The Balaban J connectivity index is 1.45. The number of aromatic nitrogens is 2. The molecule has 1 aromatic heterocycles. The molecule has 0 spiro atoms. The monoisotopic (exact) mass is 270 g/mol. The Labute approximate surface area is 118 Å². The van der Waals surface area contributed by atoms with Gasteiger partial charge in [-0.15, -0.1) is 10.2 Å². The van der Waals surface area contributed by atoms with E-state index < -0.39 is 0 Å². The molecular formula is C15H18N4O. The minimum absolute atomic E-state index is 0.550. The Morgan fingerprint density at radius 1 is 1.25 bits per heavy atom. The SMILES string of the molecule is c1cc(NC2CCN(C3CC3)C2)cc(-c2nnco2)c1. The maximum Gasteiger partial charge on any atom is 0.247 e. The quantitative estimate of drug-likeness (QED) is 0.924. The molecule has 5 heteroatoms. The summed E-state index contributed by atoms with van der Waals surface area (Å²) in [5.74, 6) is 0.569. The molecule has 2 fully saturated rings. The largest absolute Gasteiger partial charge is 0.423 e. The number of benzene rings is 1. The van der Waals surface area contributed by atoms with Crippen LogP contribution in [0.4, 0.5) is 5.69 Å². The van der Waals surface area contributed by atoms with Gasteiger partial charge in [0.15, 0.2) is 0 Å². The first-order valence-corrected chi connectivity index (χ1v) is 7.26. The van der Waals surface area contributed by atoms with Gasteiger partial charge in [0.25, 0.3) is 0 Å². The van der Waals surface area contributed by atoms with Crippen molar-refractivity contribution in [1.82, 2.24) is 15.1 Å². The number of anilines is 1. The topological polar surface area (TPSA) is 54.2 Å². The Kier molecular flexibility index (Phi) is 2.92. The Morgan fingerprint density at radius 2 is 2.20 bits per heavy atom. The summed E-state index contributed by atoms with van der Waals surface area (Å²) in [6.07, 6.45) is 5.36. The summed E-state index contributed by atoms with van der Waals surface area (Å²) in [7, 11) is 0. The van der Waals surface area contributed by atoms with Crippen molar-refractivity contribution in [2.75, 3.05) is 18.4 Å². The molecule has 1 saturated heterocycles. The summed E-state index contributed by atoms with van der Waals surface area (Å²) < 4.78 is 5.24. The number of nitrogens with zero attached hydrogens (tertiary/aromatic N) is 3. The van der Waals surface area contributed by atoms with Crippen LogP contribution in [0.5, 0.6) is 0 Å². The molecule has 20 heavy (non-hydrogen) atoms. The summed E-state index contributed by atoms with van der Waals surface area (Å²) >= 11 is 0. The van der Waals surface area contributed by atoms with Gasteiger partial charge in [0, 0.05) is 36.4 Å². The third-order valence-electron chi connectivity index (χ3n) is 4.12. The van der Waals surface area contributed by atoms with E-state index in [0.29, 0.717) is 11.9 Å². The zero-order valence-corrected chi connectivity index (χ0v) is 11.3. The van der Waals surface area contributed by atoms with Crippen molar-refractivity contribution in [3.63, 3.8) is 0 Å². The van der Waals surface area contributed by atoms with Crippen LogP contribution in [-0.2, 0) is 0 Å². The van der Waals surface area contributed by atoms with E-state index in [4.69, 9.17) is 4.42 Å². The highest BCUT2D eigenvalue weighted by Gasteiger charge is 2.34. The second-order valence-corrected chi connectivity index (χ2v) is 5.68. The highest BCUT2D eigenvalue weighted by molar-refractivity contribution is 5.61. The molecule has 1 aliphatic heterocycles. The zero-order chi connectivity index (χ0) is 13.4. The van der Waals surface area contributed by atoms with Crippen LogP contribution in [0.1, 0.15) is 19.3 Å². The Hall–Kier alpha value is -1.88. The van der Waals surface area contributed by atoms with E-state index in [1.807, 2.05) is 12.1 Å². The van der Waals surface area contributed by atoms with Crippen molar-refractivity contribution in [3.05, 3.63) is 30.7 Å². The summed E-state index contributed by atoms with van der Waals surface area (Å²) in [6.45, 7) is 2.39. The molecule has 1 unspecified atom stereocenters. The van der Waals surface area contributed by atoms with Crippen LogP contribution < -0.4 is 5.32 Å². The predicted molar refractivity (Wildman–Crippen MR) is 76.4 cm³/mol. The maximum absolute atomic E-state index is 5.24. The molecular weight excluding hydrogens is 252 g/mol. The number of nitrogens with one attached hydrogen (secondary N) is 1. The summed E-state index contributed by atoms with van der Waals surface area (Å²) in [5.41, 5.74) is 2.09.